The molecule has 1 aromatic heterocycles. The van der Waals surface area contributed by atoms with Crippen LogP contribution in [0.15, 0.2) is 35.5 Å². The molecule has 2 aromatic rings. The average molecular weight is 314 g/mol. The number of alkyl halides is 3. The van der Waals surface area contributed by atoms with E-state index in [1.807, 2.05) is 0 Å². The van der Waals surface area contributed by atoms with Crippen LogP contribution in [0, 0.1) is 0 Å². The molecule has 1 amide bonds. The van der Waals surface area contributed by atoms with Crippen molar-refractivity contribution in [1.82, 2.24) is 14.8 Å². The quantitative estimate of drug-likeness (QED) is 0.674. The summed E-state index contributed by atoms with van der Waals surface area (Å²) >= 11 is 3.94. The van der Waals surface area contributed by atoms with E-state index in [9.17, 15) is 18.0 Å². The third-order valence-electron chi connectivity index (χ3n) is 2.40. The lowest BCUT2D eigenvalue weighted by atomic mass is 10.1. The van der Waals surface area contributed by atoms with Gasteiger partial charge in [0.25, 0.3) is 0 Å². The van der Waals surface area contributed by atoms with Crippen molar-refractivity contribution in [3.8, 4) is 11.4 Å². The van der Waals surface area contributed by atoms with Crippen LogP contribution in [0.1, 0.15) is 5.56 Å². The third kappa shape index (κ3) is 3.85. The van der Waals surface area contributed by atoms with Crippen molar-refractivity contribution < 1.29 is 18.0 Å². The molecule has 0 atom stereocenters. The number of benzene rings is 1. The van der Waals surface area contributed by atoms with Gasteiger partial charge in [0.15, 0.2) is 5.82 Å². The molecule has 2 rings (SSSR count). The minimum atomic E-state index is -4.48. The zero-order valence-electron chi connectivity index (χ0n) is 10.4. The van der Waals surface area contributed by atoms with E-state index in [1.165, 1.54) is 23.3 Å². The highest BCUT2D eigenvalue weighted by atomic mass is 32.1. The Kier molecular flexibility index (Phi) is 4.03. The molecular weight excluding hydrogens is 305 g/mol. The van der Waals surface area contributed by atoms with Gasteiger partial charge in [0, 0.05) is 22.7 Å². The second kappa shape index (κ2) is 5.60. The van der Waals surface area contributed by atoms with E-state index in [0.717, 1.165) is 18.2 Å². The standard InChI is InChI=1S/C12H9F3N4OS/c13-12(14,15)8-3-7(4-9(21)5-8)11-17-6-19(18-11)2-1-10(16)20/h1-6,21H,(H2,16,20)/b2-1+. The number of aromatic nitrogens is 3. The Morgan fingerprint density at radius 2 is 2.05 bits per heavy atom. The maximum Gasteiger partial charge on any atom is 0.416 e. The molecule has 0 unspecified atom stereocenters. The van der Waals surface area contributed by atoms with Gasteiger partial charge in [-0.3, -0.25) is 4.79 Å². The highest BCUT2D eigenvalue weighted by Gasteiger charge is 2.31. The van der Waals surface area contributed by atoms with Crippen molar-refractivity contribution in [1.29, 1.82) is 0 Å². The van der Waals surface area contributed by atoms with E-state index < -0.39 is 17.6 Å². The molecule has 0 saturated carbocycles. The fourth-order valence-electron chi connectivity index (χ4n) is 1.53. The van der Waals surface area contributed by atoms with Gasteiger partial charge in [-0.2, -0.15) is 13.2 Å². The van der Waals surface area contributed by atoms with Crippen LogP contribution in [-0.2, 0) is 11.0 Å². The molecule has 9 heteroatoms. The number of hydrogen-bond acceptors (Lipinski definition) is 4. The molecule has 0 aliphatic heterocycles. The first-order valence-electron chi connectivity index (χ1n) is 5.56. The highest BCUT2D eigenvalue weighted by molar-refractivity contribution is 7.80. The Morgan fingerprint density at radius 1 is 1.33 bits per heavy atom. The molecule has 1 heterocycles. The number of carbonyl (C=O) groups is 1. The number of nitrogens with zero attached hydrogens (tertiary/aromatic N) is 3. The Morgan fingerprint density at radius 3 is 2.67 bits per heavy atom. The summed E-state index contributed by atoms with van der Waals surface area (Å²) in [7, 11) is 0. The van der Waals surface area contributed by atoms with Gasteiger partial charge in [0.1, 0.15) is 6.33 Å². The maximum atomic E-state index is 12.7. The van der Waals surface area contributed by atoms with Crippen LogP contribution in [0.2, 0.25) is 0 Å². The van der Waals surface area contributed by atoms with Crippen LogP contribution < -0.4 is 5.73 Å². The summed E-state index contributed by atoms with van der Waals surface area (Å²) < 4.78 is 39.4. The second-order valence-corrected chi connectivity index (χ2v) is 4.55. The molecule has 0 fully saturated rings. The lowest BCUT2D eigenvalue weighted by Gasteiger charge is -2.08. The number of thiol groups is 1. The molecule has 0 radical (unpaired) electrons. The minimum Gasteiger partial charge on any atom is -0.366 e. The van der Waals surface area contributed by atoms with Crippen molar-refractivity contribution in [2.24, 2.45) is 5.73 Å². The van der Waals surface area contributed by atoms with E-state index >= 15 is 0 Å². The molecular formula is C12H9F3N4OS. The lowest BCUT2D eigenvalue weighted by molar-refractivity contribution is -0.137. The zero-order valence-corrected chi connectivity index (χ0v) is 11.3. The van der Waals surface area contributed by atoms with Crippen LogP contribution >= 0.6 is 12.6 Å². The van der Waals surface area contributed by atoms with Crippen LogP contribution in [0.5, 0.6) is 0 Å². The monoisotopic (exact) mass is 314 g/mol. The smallest absolute Gasteiger partial charge is 0.366 e. The Bertz CT molecular complexity index is 709. The predicted octanol–water partition coefficient (Wildman–Crippen LogP) is 2.21. The van der Waals surface area contributed by atoms with Gasteiger partial charge in [0.05, 0.1) is 5.56 Å². The van der Waals surface area contributed by atoms with Crippen molar-refractivity contribution in [2.75, 3.05) is 0 Å². The molecule has 21 heavy (non-hydrogen) atoms. The van der Waals surface area contributed by atoms with Crippen LogP contribution in [-0.4, -0.2) is 20.7 Å². The number of primary amides is 1. The molecule has 0 spiro atoms. The SMILES string of the molecule is NC(=O)/C=C/n1cnc(-c2cc(S)cc(C(F)(F)F)c2)n1. The summed E-state index contributed by atoms with van der Waals surface area (Å²) in [6.45, 7) is 0. The summed E-state index contributed by atoms with van der Waals surface area (Å²) in [4.78, 5) is 14.6. The van der Waals surface area contributed by atoms with Crippen molar-refractivity contribution in [2.45, 2.75) is 11.1 Å². The fraction of sp³-hybridized carbons (Fsp3) is 0.0833. The van der Waals surface area contributed by atoms with Gasteiger partial charge in [-0.15, -0.1) is 17.7 Å². The van der Waals surface area contributed by atoms with E-state index in [1.54, 1.807) is 0 Å². The third-order valence-corrected chi connectivity index (χ3v) is 2.66. The van der Waals surface area contributed by atoms with E-state index in [4.69, 9.17) is 5.73 Å². The van der Waals surface area contributed by atoms with Crippen molar-refractivity contribution in [3.63, 3.8) is 0 Å². The normalized spacial score (nSPS) is 12.0. The number of halogens is 3. The first-order chi connectivity index (χ1) is 9.75. The largest absolute Gasteiger partial charge is 0.416 e. The Hall–Kier alpha value is -2.29. The molecule has 0 aliphatic carbocycles. The van der Waals surface area contributed by atoms with Gasteiger partial charge in [-0.05, 0) is 18.2 Å². The molecule has 0 aliphatic rings. The van der Waals surface area contributed by atoms with Crippen molar-refractivity contribution >= 4 is 24.7 Å². The zero-order chi connectivity index (χ0) is 15.6. The van der Waals surface area contributed by atoms with Gasteiger partial charge in [-0.1, -0.05) is 0 Å². The molecule has 110 valence electrons. The Labute approximate surface area is 122 Å². The molecule has 2 N–H and O–H groups in total. The second-order valence-electron chi connectivity index (χ2n) is 4.03. The summed E-state index contributed by atoms with van der Waals surface area (Å²) in [5.74, 6) is -0.603. The number of rotatable bonds is 3. The van der Waals surface area contributed by atoms with Crippen molar-refractivity contribution in [3.05, 3.63) is 36.2 Å². The molecule has 0 bridgehead atoms. The minimum absolute atomic E-state index is 0.0746. The summed E-state index contributed by atoms with van der Waals surface area (Å²) in [6.07, 6.45) is -0.947. The summed E-state index contributed by atoms with van der Waals surface area (Å²) in [5.41, 5.74) is 4.25. The molecule has 0 saturated heterocycles. The van der Waals surface area contributed by atoms with Gasteiger partial charge < -0.3 is 5.73 Å². The lowest BCUT2D eigenvalue weighted by Crippen LogP contribution is -2.06. The number of amides is 1. The maximum absolute atomic E-state index is 12.7. The van der Waals surface area contributed by atoms with E-state index in [2.05, 4.69) is 22.7 Å². The van der Waals surface area contributed by atoms with Gasteiger partial charge in [0.2, 0.25) is 5.91 Å². The number of nitrogens with two attached hydrogens (primary N) is 1. The summed E-state index contributed by atoms with van der Waals surface area (Å²) in [5, 5.41) is 3.93. The first-order valence-corrected chi connectivity index (χ1v) is 6.01. The van der Waals surface area contributed by atoms with Gasteiger partial charge >= 0.3 is 6.18 Å². The van der Waals surface area contributed by atoms with Crippen LogP contribution in [0.3, 0.4) is 0 Å². The average Bonchev–Trinajstić information content (AvgIpc) is 2.83. The molecule has 1 aromatic carbocycles. The Balaban J connectivity index is 2.39. The number of carbonyl (C=O) groups excluding carboxylic acids is 1. The fourth-order valence-corrected chi connectivity index (χ4v) is 1.81. The van der Waals surface area contributed by atoms with Crippen LogP contribution in [0.4, 0.5) is 13.2 Å². The van der Waals surface area contributed by atoms with Gasteiger partial charge in [-0.25, -0.2) is 9.67 Å². The predicted molar refractivity (Wildman–Crippen MR) is 72.2 cm³/mol. The highest BCUT2D eigenvalue weighted by Crippen LogP contribution is 2.33. The topological polar surface area (TPSA) is 73.8 Å². The van der Waals surface area contributed by atoms with E-state index in [-0.39, 0.29) is 16.3 Å². The first kappa shape index (κ1) is 15.1. The number of hydrogen-bond donors (Lipinski definition) is 2. The molecule has 5 nitrogen and oxygen atoms in total. The van der Waals surface area contributed by atoms with Crippen LogP contribution in [0.25, 0.3) is 17.6 Å². The summed E-state index contributed by atoms with van der Waals surface area (Å²) in [6, 6.07) is 3.25. The van der Waals surface area contributed by atoms with E-state index in [0.29, 0.717) is 0 Å².